The normalized spacial score (nSPS) is 12.9. The molecule has 1 atom stereocenters. The van der Waals surface area contributed by atoms with E-state index in [-0.39, 0.29) is 0 Å². The molecule has 66 valence electrons. The maximum absolute atomic E-state index is 10.4. The van der Waals surface area contributed by atoms with Crippen LogP contribution < -0.4 is 0 Å². The number of carbonyl (C=O) groups is 1. The summed E-state index contributed by atoms with van der Waals surface area (Å²) in [6.07, 6.45) is 1.63. The van der Waals surface area contributed by atoms with Crippen LogP contribution in [-0.2, 0) is 0 Å². The van der Waals surface area contributed by atoms with Gasteiger partial charge in [0.05, 0.1) is 0 Å². The Kier molecular flexibility index (Phi) is 2.87. The van der Waals surface area contributed by atoms with Gasteiger partial charge in [-0.1, -0.05) is 25.4 Å². The average molecular weight is 187 g/mol. The molecule has 3 nitrogen and oxygen atoms in total. The molecular weight excluding hydrogens is 176 g/mol. The summed E-state index contributed by atoms with van der Waals surface area (Å²) in [7, 11) is 0. The van der Waals surface area contributed by atoms with Crippen LogP contribution in [0.15, 0.2) is 0 Å². The molecule has 4 heteroatoms. The number of imidazole rings is 1. The van der Waals surface area contributed by atoms with Crippen molar-refractivity contribution in [2.45, 2.75) is 26.2 Å². The number of rotatable bonds is 3. The van der Waals surface area contributed by atoms with Gasteiger partial charge in [-0.2, -0.15) is 0 Å². The summed E-state index contributed by atoms with van der Waals surface area (Å²) in [5.74, 6) is 1.10. The van der Waals surface area contributed by atoms with Crippen molar-refractivity contribution in [2.24, 2.45) is 0 Å². The first-order chi connectivity index (χ1) is 5.69. The molecule has 1 rings (SSSR count). The van der Waals surface area contributed by atoms with E-state index in [1.807, 2.05) is 6.92 Å². The fraction of sp³-hybridized carbons (Fsp3) is 0.500. The van der Waals surface area contributed by atoms with Crippen molar-refractivity contribution < 1.29 is 4.79 Å². The number of aromatic nitrogens is 2. The third kappa shape index (κ3) is 1.67. The molecule has 0 bridgehead atoms. The number of nitrogens with zero attached hydrogens (tertiary/aromatic N) is 1. The first-order valence-electron chi connectivity index (χ1n) is 3.89. The van der Waals surface area contributed by atoms with E-state index in [0.717, 1.165) is 12.2 Å². The van der Waals surface area contributed by atoms with Crippen LogP contribution in [0.25, 0.3) is 0 Å². The van der Waals surface area contributed by atoms with Crippen LogP contribution in [0.2, 0.25) is 5.15 Å². The van der Waals surface area contributed by atoms with Gasteiger partial charge in [0.1, 0.15) is 16.7 Å². The van der Waals surface area contributed by atoms with Crippen molar-refractivity contribution in [2.75, 3.05) is 0 Å². The van der Waals surface area contributed by atoms with E-state index >= 15 is 0 Å². The zero-order chi connectivity index (χ0) is 9.14. The largest absolute Gasteiger partial charge is 0.332 e. The minimum absolute atomic E-state index is 0.298. The Labute approximate surface area is 76.1 Å². The Morgan fingerprint density at radius 2 is 2.42 bits per heavy atom. The maximum atomic E-state index is 10.4. The van der Waals surface area contributed by atoms with E-state index in [4.69, 9.17) is 11.6 Å². The van der Waals surface area contributed by atoms with Gasteiger partial charge in [-0.15, -0.1) is 0 Å². The fourth-order valence-corrected chi connectivity index (χ4v) is 1.07. The fourth-order valence-electron chi connectivity index (χ4n) is 0.888. The molecule has 0 aliphatic heterocycles. The Balaban J connectivity index is 2.96. The lowest BCUT2D eigenvalue weighted by Gasteiger charge is -2.01. The molecule has 0 saturated heterocycles. The highest BCUT2D eigenvalue weighted by Crippen LogP contribution is 2.19. The summed E-state index contributed by atoms with van der Waals surface area (Å²) in [5, 5.41) is 0.334. The number of nitrogens with one attached hydrogen (secondary N) is 1. The number of aldehydes is 1. The molecule has 0 aliphatic rings. The van der Waals surface area contributed by atoms with Crippen molar-refractivity contribution >= 4 is 17.9 Å². The van der Waals surface area contributed by atoms with Gasteiger partial charge >= 0.3 is 0 Å². The Morgan fingerprint density at radius 1 is 1.75 bits per heavy atom. The molecule has 0 aliphatic carbocycles. The molecule has 0 fully saturated rings. The predicted molar refractivity (Wildman–Crippen MR) is 47.7 cm³/mol. The summed E-state index contributed by atoms with van der Waals surface area (Å²) >= 11 is 5.70. The summed E-state index contributed by atoms with van der Waals surface area (Å²) in [6.45, 7) is 4.09. The topological polar surface area (TPSA) is 45.8 Å². The van der Waals surface area contributed by atoms with E-state index in [1.165, 1.54) is 0 Å². The molecule has 1 aromatic heterocycles. The smallest absolute Gasteiger partial charge is 0.171 e. The van der Waals surface area contributed by atoms with Gasteiger partial charge in [-0.05, 0) is 6.42 Å². The maximum Gasteiger partial charge on any atom is 0.171 e. The van der Waals surface area contributed by atoms with Gasteiger partial charge in [-0.25, -0.2) is 4.98 Å². The summed E-state index contributed by atoms with van der Waals surface area (Å²) in [4.78, 5) is 17.3. The molecule has 0 saturated carbocycles. The van der Waals surface area contributed by atoms with E-state index in [1.54, 1.807) is 0 Å². The first-order valence-corrected chi connectivity index (χ1v) is 4.27. The van der Waals surface area contributed by atoms with Gasteiger partial charge in [0.25, 0.3) is 0 Å². The average Bonchev–Trinajstić information content (AvgIpc) is 2.45. The molecule has 0 spiro atoms. The molecule has 1 unspecified atom stereocenters. The third-order valence-corrected chi connectivity index (χ3v) is 2.18. The number of hydrogen-bond donors (Lipinski definition) is 1. The van der Waals surface area contributed by atoms with Gasteiger partial charge < -0.3 is 4.98 Å². The number of aromatic amines is 1. The number of H-pyrrole nitrogens is 1. The van der Waals surface area contributed by atoms with Crippen LogP contribution in [0, 0.1) is 0 Å². The standard InChI is InChI=1S/C8H11ClN2O/c1-3-5(2)8-10-6(4-12)7(9)11-8/h4-5H,3H2,1-2H3,(H,10,11). The molecule has 0 amide bonds. The lowest BCUT2D eigenvalue weighted by atomic mass is 10.1. The highest BCUT2D eigenvalue weighted by atomic mass is 35.5. The van der Waals surface area contributed by atoms with E-state index in [2.05, 4.69) is 16.9 Å². The minimum Gasteiger partial charge on any atom is -0.332 e. The zero-order valence-corrected chi connectivity index (χ0v) is 7.85. The third-order valence-electron chi connectivity index (χ3n) is 1.89. The van der Waals surface area contributed by atoms with Crippen molar-refractivity contribution in [3.63, 3.8) is 0 Å². The zero-order valence-electron chi connectivity index (χ0n) is 7.10. The van der Waals surface area contributed by atoms with Crippen LogP contribution in [0.4, 0.5) is 0 Å². The first kappa shape index (κ1) is 9.26. The van der Waals surface area contributed by atoms with Crippen LogP contribution in [0.5, 0.6) is 0 Å². The molecule has 1 aromatic rings. The highest BCUT2D eigenvalue weighted by molar-refractivity contribution is 6.31. The second-order valence-corrected chi connectivity index (χ2v) is 3.13. The van der Waals surface area contributed by atoms with Gasteiger partial charge in [0, 0.05) is 5.92 Å². The van der Waals surface area contributed by atoms with E-state index in [9.17, 15) is 4.79 Å². The summed E-state index contributed by atoms with van der Waals surface area (Å²) in [5.41, 5.74) is 0.298. The summed E-state index contributed by atoms with van der Waals surface area (Å²) < 4.78 is 0. The monoisotopic (exact) mass is 186 g/mol. The van der Waals surface area contributed by atoms with Crippen molar-refractivity contribution in [3.05, 3.63) is 16.7 Å². The Bertz CT molecular complexity index is 283. The van der Waals surface area contributed by atoms with E-state index < -0.39 is 0 Å². The molecule has 0 aromatic carbocycles. The highest BCUT2D eigenvalue weighted by Gasteiger charge is 2.11. The van der Waals surface area contributed by atoms with Crippen LogP contribution >= 0.6 is 11.6 Å². The van der Waals surface area contributed by atoms with Crippen LogP contribution in [0.1, 0.15) is 42.5 Å². The van der Waals surface area contributed by atoms with Crippen molar-refractivity contribution in [1.82, 2.24) is 9.97 Å². The van der Waals surface area contributed by atoms with Crippen LogP contribution in [0.3, 0.4) is 0 Å². The second kappa shape index (κ2) is 3.72. The van der Waals surface area contributed by atoms with Crippen molar-refractivity contribution in [3.8, 4) is 0 Å². The number of carbonyl (C=O) groups excluding carboxylic acids is 1. The van der Waals surface area contributed by atoms with E-state index in [0.29, 0.717) is 23.1 Å². The van der Waals surface area contributed by atoms with Gasteiger partial charge in [0.2, 0.25) is 0 Å². The Morgan fingerprint density at radius 3 is 2.83 bits per heavy atom. The number of hydrogen-bond acceptors (Lipinski definition) is 2. The molecule has 1 N–H and O–H groups in total. The van der Waals surface area contributed by atoms with Crippen molar-refractivity contribution in [1.29, 1.82) is 0 Å². The van der Waals surface area contributed by atoms with Gasteiger partial charge in [0.15, 0.2) is 6.29 Å². The predicted octanol–water partition coefficient (Wildman–Crippen LogP) is 2.39. The minimum atomic E-state index is 0.298. The molecule has 0 radical (unpaired) electrons. The second-order valence-electron chi connectivity index (χ2n) is 2.75. The summed E-state index contributed by atoms with van der Waals surface area (Å²) in [6, 6.07) is 0. The van der Waals surface area contributed by atoms with Crippen LogP contribution in [-0.4, -0.2) is 16.3 Å². The SMILES string of the molecule is CCC(C)c1nc(C=O)c(Cl)[nH]1. The molecular formula is C8H11ClN2O. The number of halogens is 1. The van der Waals surface area contributed by atoms with Gasteiger partial charge in [-0.3, -0.25) is 4.79 Å². The quantitative estimate of drug-likeness (QED) is 0.737. The lowest BCUT2D eigenvalue weighted by molar-refractivity contribution is 0.111. The molecule has 1 heterocycles. The Hall–Kier alpha value is -0.830. The lowest BCUT2D eigenvalue weighted by Crippen LogP contribution is -1.93. The molecule has 12 heavy (non-hydrogen) atoms.